The molecule has 0 radical (unpaired) electrons. The first-order valence-corrected chi connectivity index (χ1v) is 7.41. The van der Waals surface area contributed by atoms with Gasteiger partial charge in [-0.3, -0.25) is 9.48 Å². The summed E-state index contributed by atoms with van der Waals surface area (Å²) >= 11 is 0. The highest BCUT2D eigenvalue weighted by Crippen LogP contribution is 2.38. The minimum absolute atomic E-state index is 0.0940. The van der Waals surface area contributed by atoms with E-state index in [9.17, 15) is 4.79 Å². The average Bonchev–Trinajstić information content (AvgIpc) is 2.86. The topological polar surface area (TPSA) is 65.4 Å². The summed E-state index contributed by atoms with van der Waals surface area (Å²) in [5.41, 5.74) is 0.805. The SMILES string of the molecule is CC(=O)NCC(=Cc1ccn(C)n1)B1OC(C)(C)C(C)(C)O1. The zero-order chi connectivity index (χ0) is 16.5. The first-order valence-electron chi connectivity index (χ1n) is 7.41. The summed E-state index contributed by atoms with van der Waals surface area (Å²) in [6.45, 7) is 9.87. The molecular formula is C15H24BN3O3. The summed E-state index contributed by atoms with van der Waals surface area (Å²) in [5, 5.41) is 7.14. The van der Waals surface area contributed by atoms with Crippen molar-refractivity contribution in [3.63, 3.8) is 0 Å². The Morgan fingerprint density at radius 1 is 1.36 bits per heavy atom. The van der Waals surface area contributed by atoms with E-state index in [2.05, 4.69) is 10.4 Å². The molecule has 0 aliphatic carbocycles. The number of rotatable bonds is 4. The lowest BCUT2D eigenvalue weighted by molar-refractivity contribution is -0.118. The van der Waals surface area contributed by atoms with Crippen LogP contribution in [0.5, 0.6) is 0 Å². The summed E-state index contributed by atoms with van der Waals surface area (Å²) in [5.74, 6) is -0.0940. The van der Waals surface area contributed by atoms with E-state index in [-0.39, 0.29) is 5.91 Å². The number of nitrogens with zero attached hydrogens (tertiary/aromatic N) is 2. The Kier molecular flexibility index (Phi) is 4.49. The van der Waals surface area contributed by atoms with Crippen LogP contribution in [-0.2, 0) is 21.2 Å². The summed E-state index contributed by atoms with van der Waals surface area (Å²) in [4.78, 5) is 11.2. The third kappa shape index (κ3) is 3.59. The van der Waals surface area contributed by atoms with Crippen molar-refractivity contribution in [3.05, 3.63) is 23.4 Å². The molecule has 0 spiro atoms. The Morgan fingerprint density at radius 2 is 1.95 bits per heavy atom. The molecule has 0 unspecified atom stereocenters. The first kappa shape index (κ1) is 16.8. The van der Waals surface area contributed by atoms with Crippen molar-refractivity contribution >= 4 is 19.1 Å². The van der Waals surface area contributed by atoms with Crippen LogP contribution in [0.3, 0.4) is 0 Å². The molecule has 1 aliphatic rings. The number of aryl methyl sites for hydroxylation is 1. The van der Waals surface area contributed by atoms with E-state index in [1.165, 1.54) is 6.92 Å². The average molecular weight is 305 g/mol. The van der Waals surface area contributed by atoms with Gasteiger partial charge in [0.05, 0.1) is 16.9 Å². The van der Waals surface area contributed by atoms with E-state index in [1.54, 1.807) is 4.68 Å². The lowest BCUT2D eigenvalue weighted by Gasteiger charge is -2.32. The third-order valence-electron chi connectivity index (χ3n) is 4.16. The molecule has 0 bridgehead atoms. The van der Waals surface area contributed by atoms with Crippen LogP contribution in [0.1, 0.15) is 40.3 Å². The lowest BCUT2D eigenvalue weighted by atomic mass is 9.77. The van der Waals surface area contributed by atoms with Gasteiger partial charge in [-0.25, -0.2) is 0 Å². The molecule has 6 nitrogen and oxygen atoms in total. The maximum atomic E-state index is 11.2. The second-order valence-corrected chi connectivity index (χ2v) is 6.63. The lowest BCUT2D eigenvalue weighted by Crippen LogP contribution is -2.41. The Morgan fingerprint density at radius 3 is 2.41 bits per heavy atom. The van der Waals surface area contributed by atoms with Crippen LogP contribution in [-0.4, -0.2) is 40.6 Å². The van der Waals surface area contributed by atoms with Gasteiger partial charge in [-0.15, -0.1) is 0 Å². The highest BCUT2D eigenvalue weighted by molar-refractivity contribution is 6.56. The van der Waals surface area contributed by atoms with Crippen molar-refractivity contribution in [2.24, 2.45) is 7.05 Å². The smallest absolute Gasteiger partial charge is 0.400 e. The van der Waals surface area contributed by atoms with Gasteiger partial charge in [-0.2, -0.15) is 5.10 Å². The van der Waals surface area contributed by atoms with Crippen LogP contribution < -0.4 is 5.32 Å². The Labute approximate surface area is 132 Å². The zero-order valence-corrected chi connectivity index (χ0v) is 14.1. The highest BCUT2D eigenvalue weighted by Gasteiger charge is 2.52. The summed E-state index contributed by atoms with van der Waals surface area (Å²) in [6.07, 6.45) is 3.77. The largest absolute Gasteiger partial charge is 0.492 e. The molecule has 1 saturated heterocycles. The molecule has 22 heavy (non-hydrogen) atoms. The van der Waals surface area contributed by atoms with Gasteiger partial charge in [0.15, 0.2) is 0 Å². The van der Waals surface area contributed by atoms with Crippen molar-refractivity contribution in [2.75, 3.05) is 6.54 Å². The minimum Gasteiger partial charge on any atom is -0.400 e. The van der Waals surface area contributed by atoms with Crippen molar-refractivity contribution in [1.29, 1.82) is 0 Å². The van der Waals surface area contributed by atoms with Crippen LogP contribution in [0.4, 0.5) is 0 Å². The van der Waals surface area contributed by atoms with Gasteiger partial charge >= 0.3 is 7.12 Å². The van der Waals surface area contributed by atoms with Gasteiger partial charge in [0.1, 0.15) is 0 Å². The Balaban J connectivity index is 2.25. The predicted octanol–water partition coefficient (Wildman–Crippen LogP) is 1.57. The quantitative estimate of drug-likeness (QED) is 0.858. The van der Waals surface area contributed by atoms with Crippen LogP contribution in [0.25, 0.3) is 6.08 Å². The fraction of sp³-hybridized carbons (Fsp3) is 0.600. The summed E-state index contributed by atoms with van der Waals surface area (Å²) < 4.78 is 13.9. The minimum atomic E-state index is -0.501. The van der Waals surface area contributed by atoms with Crippen molar-refractivity contribution in [2.45, 2.75) is 45.8 Å². The summed E-state index contributed by atoms with van der Waals surface area (Å²) in [6, 6.07) is 1.90. The molecule has 1 N–H and O–H groups in total. The molecular weight excluding hydrogens is 281 g/mol. The highest BCUT2D eigenvalue weighted by atomic mass is 16.7. The zero-order valence-electron chi connectivity index (χ0n) is 14.1. The van der Waals surface area contributed by atoms with Crippen LogP contribution in [0.2, 0.25) is 0 Å². The second-order valence-electron chi connectivity index (χ2n) is 6.63. The van der Waals surface area contributed by atoms with E-state index in [0.717, 1.165) is 11.2 Å². The van der Waals surface area contributed by atoms with Crippen molar-refractivity contribution in [1.82, 2.24) is 15.1 Å². The Bertz CT molecular complexity index is 577. The van der Waals surface area contributed by atoms with Crippen molar-refractivity contribution < 1.29 is 14.1 Å². The Hall–Kier alpha value is -1.60. The fourth-order valence-electron chi connectivity index (χ4n) is 2.12. The van der Waals surface area contributed by atoms with Gasteiger partial charge in [0, 0.05) is 26.7 Å². The van der Waals surface area contributed by atoms with E-state index < -0.39 is 18.3 Å². The van der Waals surface area contributed by atoms with Crippen LogP contribution >= 0.6 is 0 Å². The molecule has 1 amide bonds. The standard InChI is InChI=1S/C15H24BN3O3/c1-11(20)17-10-12(9-13-7-8-19(6)18-13)16-21-14(2,3)15(4,5)22-16/h7-9H,10H2,1-6H3,(H,17,20). The van der Waals surface area contributed by atoms with E-state index in [1.807, 2.05) is 53.1 Å². The van der Waals surface area contributed by atoms with Crippen LogP contribution in [0.15, 0.2) is 17.7 Å². The van der Waals surface area contributed by atoms with E-state index in [4.69, 9.17) is 9.31 Å². The molecule has 2 heterocycles. The maximum absolute atomic E-state index is 11.2. The first-order chi connectivity index (χ1) is 10.1. The number of aromatic nitrogens is 2. The van der Waals surface area contributed by atoms with Gasteiger partial charge in [0.2, 0.25) is 5.91 Å². The monoisotopic (exact) mass is 305 g/mol. The third-order valence-corrected chi connectivity index (χ3v) is 4.16. The molecule has 0 atom stereocenters. The predicted molar refractivity (Wildman–Crippen MR) is 86.0 cm³/mol. The number of carbonyl (C=O) groups is 1. The molecule has 1 fully saturated rings. The molecule has 2 rings (SSSR count). The molecule has 1 aliphatic heterocycles. The van der Waals surface area contributed by atoms with Gasteiger partial charge in [-0.05, 0) is 45.3 Å². The number of amides is 1. The normalized spacial score (nSPS) is 20.3. The van der Waals surface area contributed by atoms with Crippen molar-refractivity contribution in [3.8, 4) is 0 Å². The number of nitrogens with one attached hydrogen (secondary N) is 1. The van der Waals surface area contributed by atoms with Gasteiger partial charge in [-0.1, -0.05) is 0 Å². The molecule has 0 aromatic carbocycles. The van der Waals surface area contributed by atoms with E-state index in [0.29, 0.717) is 6.54 Å². The van der Waals surface area contributed by atoms with Gasteiger partial charge < -0.3 is 14.6 Å². The summed E-state index contributed by atoms with van der Waals surface area (Å²) in [7, 11) is 1.36. The molecule has 120 valence electrons. The van der Waals surface area contributed by atoms with Gasteiger partial charge in [0.25, 0.3) is 0 Å². The maximum Gasteiger partial charge on any atom is 0.492 e. The number of hydrogen-bond donors (Lipinski definition) is 1. The molecule has 1 aromatic rings. The molecule has 1 aromatic heterocycles. The molecule has 7 heteroatoms. The molecule has 0 saturated carbocycles. The fourth-order valence-corrected chi connectivity index (χ4v) is 2.12. The second kappa shape index (κ2) is 5.89. The van der Waals surface area contributed by atoms with Crippen LogP contribution in [0, 0.1) is 0 Å². The number of carbonyl (C=O) groups excluding carboxylic acids is 1. The number of hydrogen-bond acceptors (Lipinski definition) is 4. The van der Waals surface area contributed by atoms with E-state index >= 15 is 0 Å².